The molecule has 0 radical (unpaired) electrons. The van der Waals surface area contributed by atoms with Gasteiger partial charge in [0.05, 0.1) is 18.3 Å². The summed E-state index contributed by atoms with van der Waals surface area (Å²) in [7, 11) is 0. The van der Waals surface area contributed by atoms with Crippen LogP contribution >= 0.6 is 0 Å². The van der Waals surface area contributed by atoms with Crippen molar-refractivity contribution in [1.82, 2.24) is 25.1 Å². The van der Waals surface area contributed by atoms with Crippen molar-refractivity contribution in [2.24, 2.45) is 0 Å². The van der Waals surface area contributed by atoms with Crippen LogP contribution in [0.1, 0.15) is 40.5 Å². The molecule has 1 amide bonds. The van der Waals surface area contributed by atoms with Gasteiger partial charge < -0.3 is 5.32 Å². The van der Waals surface area contributed by atoms with Crippen LogP contribution in [0.15, 0.2) is 49.1 Å². The zero-order chi connectivity index (χ0) is 17.9. The van der Waals surface area contributed by atoms with Crippen LogP contribution in [0.4, 0.5) is 0 Å². The minimum absolute atomic E-state index is 0.0925. The third-order valence-electron chi connectivity index (χ3n) is 4.70. The SMILES string of the molecule is Cc1ncccc1C(=O)NCCn1ncc(-c2ccncc2)c1C1CC1. The van der Waals surface area contributed by atoms with Gasteiger partial charge in [0.15, 0.2) is 0 Å². The molecule has 6 nitrogen and oxygen atoms in total. The van der Waals surface area contributed by atoms with Gasteiger partial charge in [-0.25, -0.2) is 0 Å². The van der Waals surface area contributed by atoms with Crippen molar-refractivity contribution in [3.8, 4) is 11.1 Å². The summed E-state index contributed by atoms with van der Waals surface area (Å²) in [4.78, 5) is 20.6. The van der Waals surface area contributed by atoms with Crippen LogP contribution in [-0.4, -0.2) is 32.2 Å². The lowest BCUT2D eigenvalue weighted by Gasteiger charge is -2.11. The minimum Gasteiger partial charge on any atom is -0.350 e. The highest BCUT2D eigenvalue weighted by Crippen LogP contribution is 2.44. The smallest absolute Gasteiger partial charge is 0.253 e. The van der Waals surface area contributed by atoms with Gasteiger partial charge in [0.25, 0.3) is 5.91 Å². The quantitative estimate of drug-likeness (QED) is 0.744. The normalized spacial score (nSPS) is 13.6. The zero-order valence-electron chi connectivity index (χ0n) is 14.7. The Labute approximate surface area is 152 Å². The average Bonchev–Trinajstić information content (AvgIpc) is 3.42. The maximum atomic E-state index is 12.3. The lowest BCUT2D eigenvalue weighted by molar-refractivity contribution is 0.0951. The molecule has 0 aromatic carbocycles. The standard InChI is InChI=1S/C20H21N5O/c1-14-17(3-2-8-22-14)20(26)23-11-12-25-19(16-4-5-16)18(13-24-25)15-6-9-21-10-7-15/h2-3,6-10,13,16H,4-5,11-12H2,1H3,(H,23,26). The number of aromatic nitrogens is 4. The minimum atomic E-state index is -0.0925. The zero-order valence-corrected chi connectivity index (χ0v) is 14.7. The maximum Gasteiger partial charge on any atom is 0.253 e. The molecule has 1 N–H and O–H groups in total. The second-order valence-electron chi connectivity index (χ2n) is 6.57. The van der Waals surface area contributed by atoms with Gasteiger partial charge in [0.2, 0.25) is 0 Å². The van der Waals surface area contributed by atoms with E-state index in [0.29, 0.717) is 24.6 Å². The molecule has 1 aliphatic rings. The third kappa shape index (κ3) is 3.35. The molecule has 3 aromatic heterocycles. The van der Waals surface area contributed by atoms with Gasteiger partial charge >= 0.3 is 0 Å². The Hall–Kier alpha value is -3.02. The first-order chi connectivity index (χ1) is 12.7. The number of aryl methyl sites for hydroxylation is 1. The average molecular weight is 347 g/mol. The van der Waals surface area contributed by atoms with Crippen molar-refractivity contribution in [3.63, 3.8) is 0 Å². The molecule has 0 bridgehead atoms. The molecule has 3 heterocycles. The number of carbonyl (C=O) groups excluding carboxylic acids is 1. The number of nitrogens with one attached hydrogen (secondary N) is 1. The summed E-state index contributed by atoms with van der Waals surface area (Å²) in [6, 6.07) is 7.60. The monoisotopic (exact) mass is 347 g/mol. The number of carbonyl (C=O) groups is 1. The second kappa shape index (κ2) is 7.07. The summed E-state index contributed by atoms with van der Waals surface area (Å²) in [5.41, 5.74) is 4.94. The molecule has 0 unspecified atom stereocenters. The van der Waals surface area contributed by atoms with E-state index in [2.05, 4.69) is 20.4 Å². The number of amides is 1. The van der Waals surface area contributed by atoms with Crippen molar-refractivity contribution in [1.29, 1.82) is 0 Å². The van der Waals surface area contributed by atoms with Gasteiger partial charge in [-0.05, 0) is 49.6 Å². The third-order valence-corrected chi connectivity index (χ3v) is 4.70. The number of pyridine rings is 2. The Morgan fingerprint density at radius 1 is 1.23 bits per heavy atom. The molecule has 0 spiro atoms. The van der Waals surface area contributed by atoms with Crippen molar-refractivity contribution >= 4 is 5.91 Å². The van der Waals surface area contributed by atoms with E-state index in [9.17, 15) is 4.79 Å². The molecule has 3 aromatic rings. The predicted octanol–water partition coefficient (Wildman–Crippen LogP) is 2.96. The topological polar surface area (TPSA) is 72.7 Å². The summed E-state index contributed by atoms with van der Waals surface area (Å²) in [6.07, 6.45) is 9.63. The van der Waals surface area contributed by atoms with Crippen LogP contribution in [0.25, 0.3) is 11.1 Å². The lowest BCUT2D eigenvalue weighted by Crippen LogP contribution is -2.28. The number of hydrogen-bond acceptors (Lipinski definition) is 4. The van der Waals surface area contributed by atoms with Crippen molar-refractivity contribution in [2.45, 2.75) is 32.2 Å². The largest absolute Gasteiger partial charge is 0.350 e. The summed E-state index contributed by atoms with van der Waals surface area (Å²) in [6.45, 7) is 3.03. The highest BCUT2D eigenvalue weighted by atomic mass is 16.1. The summed E-state index contributed by atoms with van der Waals surface area (Å²) in [5.74, 6) is 0.474. The molecular formula is C20H21N5O. The van der Waals surface area contributed by atoms with Crippen LogP contribution in [0.5, 0.6) is 0 Å². The molecule has 1 saturated carbocycles. The molecule has 0 atom stereocenters. The fraction of sp³-hybridized carbons (Fsp3) is 0.300. The first kappa shape index (κ1) is 16.4. The molecule has 1 fully saturated rings. The molecular weight excluding hydrogens is 326 g/mol. The molecule has 0 saturated heterocycles. The maximum absolute atomic E-state index is 12.3. The number of nitrogens with zero attached hydrogens (tertiary/aromatic N) is 4. The molecule has 6 heteroatoms. The van der Waals surface area contributed by atoms with Gasteiger partial charge in [0, 0.05) is 48.0 Å². The van der Waals surface area contributed by atoms with Gasteiger partial charge in [-0.3, -0.25) is 19.4 Å². The van der Waals surface area contributed by atoms with E-state index >= 15 is 0 Å². The van der Waals surface area contributed by atoms with E-state index in [-0.39, 0.29) is 5.91 Å². The molecule has 4 rings (SSSR count). The van der Waals surface area contributed by atoms with Crippen LogP contribution in [0, 0.1) is 6.92 Å². The van der Waals surface area contributed by atoms with E-state index in [4.69, 9.17) is 0 Å². The molecule has 26 heavy (non-hydrogen) atoms. The Morgan fingerprint density at radius 3 is 2.77 bits per heavy atom. The van der Waals surface area contributed by atoms with E-state index in [0.717, 1.165) is 11.3 Å². The van der Waals surface area contributed by atoms with E-state index in [1.807, 2.05) is 29.9 Å². The van der Waals surface area contributed by atoms with Crippen molar-refractivity contribution < 1.29 is 4.79 Å². The Kier molecular flexibility index (Phi) is 4.48. The van der Waals surface area contributed by atoms with E-state index in [1.54, 1.807) is 30.7 Å². The van der Waals surface area contributed by atoms with Crippen LogP contribution < -0.4 is 5.32 Å². The van der Waals surface area contributed by atoms with Gasteiger partial charge in [-0.2, -0.15) is 5.10 Å². The fourth-order valence-electron chi connectivity index (χ4n) is 3.21. The van der Waals surface area contributed by atoms with Crippen molar-refractivity contribution in [3.05, 3.63) is 66.0 Å². The molecule has 0 aliphatic heterocycles. The summed E-state index contributed by atoms with van der Waals surface area (Å²) < 4.78 is 2.03. The first-order valence-corrected chi connectivity index (χ1v) is 8.90. The van der Waals surface area contributed by atoms with Gasteiger partial charge in [-0.15, -0.1) is 0 Å². The summed E-state index contributed by atoms with van der Waals surface area (Å²) >= 11 is 0. The van der Waals surface area contributed by atoms with Gasteiger partial charge in [-0.1, -0.05) is 0 Å². The van der Waals surface area contributed by atoms with Crippen LogP contribution in [-0.2, 0) is 6.54 Å². The molecule has 1 aliphatic carbocycles. The Morgan fingerprint density at radius 2 is 2.04 bits per heavy atom. The second-order valence-corrected chi connectivity index (χ2v) is 6.57. The lowest BCUT2D eigenvalue weighted by atomic mass is 10.1. The fourth-order valence-corrected chi connectivity index (χ4v) is 3.21. The van der Waals surface area contributed by atoms with Gasteiger partial charge in [0.1, 0.15) is 0 Å². The molecule has 132 valence electrons. The van der Waals surface area contributed by atoms with E-state index < -0.39 is 0 Å². The number of hydrogen-bond donors (Lipinski definition) is 1. The Bertz CT molecular complexity index is 915. The predicted molar refractivity (Wildman–Crippen MR) is 98.7 cm³/mol. The van der Waals surface area contributed by atoms with Crippen LogP contribution in [0.3, 0.4) is 0 Å². The van der Waals surface area contributed by atoms with Crippen molar-refractivity contribution in [2.75, 3.05) is 6.54 Å². The summed E-state index contributed by atoms with van der Waals surface area (Å²) in [5, 5.41) is 7.55. The van der Waals surface area contributed by atoms with E-state index in [1.165, 1.54) is 24.1 Å². The Balaban J connectivity index is 1.47. The first-order valence-electron chi connectivity index (χ1n) is 8.90. The van der Waals surface area contributed by atoms with Crippen LogP contribution in [0.2, 0.25) is 0 Å². The number of rotatable bonds is 6. The highest BCUT2D eigenvalue weighted by molar-refractivity contribution is 5.95. The highest BCUT2D eigenvalue weighted by Gasteiger charge is 2.30.